The Bertz CT molecular complexity index is 729. The standard InChI is InChI=1S/C16H18FN3O3/c1-9(21)14(18)16(22)20-6-5-13-12(8-20)15(19-23-13)10-3-2-4-11(17)7-10/h2-4,7,9,14,21H,5-6,8,18H2,1H3/t9-,14+/m1/s1. The molecule has 2 heterocycles. The van der Waals surface area contributed by atoms with Gasteiger partial charge in [0.25, 0.3) is 0 Å². The van der Waals surface area contributed by atoms with Gasteiger partial charge in [-0.3, -0.25) is 4.79 Å². The van der Waals surface area contributed by atoms with E-state index in [4.69, 9.17) is 10.3 Å². The van der Waals surface area contributed by atoms with Crippen molar-refractivity contribution in [2.75, 3.05) is 6.54 Å². The topological polar surface area (TPSA) is 92.6 Å². The lowest BCUT2D eigenvalue weighted by Gasteiger charge is -2.29. The number of halogens is 1. The van der Waals surface area contributed by atoms with Crippen LogP contribution in [0.25, 0.3) is 11.3 Å². The number of nitrogens with zero attached hydrogens (tertiary/aromatic N) is 2. The quantitative estimate of drug-likeness (QED) is 0.883. The predicted octanol–water partition coefficient (Wildman–Crippen LogP) is 1.07. The molecular weight excluding hydrogens is 301 g/mol. The number of benzene rings is 1. The minimum Gasteiger partial charge on any atom is -0.391 e. The Morgan fingerprint density at radius 3 is 3.00 bits per heavy atom. The highest BCUT2D eigenvalue weighted by Crippen LogP contribution is 2.30. The molecule has 0 aliphatic carbocycles. The molecule has 3 N–H and O–H groups in total. The third kappa shape index (κ3) is 2.97. The van der Waals surface area contributed by atoms with Crippen LogP contribution in [0.3, 0.4) is 0 Å². The van der Waals surface area contributed by atoms with Crippen molar-refractivity contribution < 1.29 is 18.8 Å². The van der Waals surface area contributed by atoms with Crippen LogP contribution in [0.1, 0.15) is 18.2 Å². The fourth-order valence-corrected chi connectivity index (χ4v) is 2.68. The average molecular weight is 319 g/mol. The SMILES string of the molecule is C[C@@H](O)[C@H](N)C(=O)N1CCc2onc(-c3cccc(F)c3)c2C1. The molecule has 0 bridgehead atoms. The molecule has 1 aliphatic rings. The van der Waals surface area contributed by atoms with Crippen molar-refractivity contribution in [3.8, 4) is 11.3 Å². The average Bonchev–Trinajstić information content (AvgIpc) is 2.96. The summed E-state index contributed by atoms with van der Waals surface area (Å²) in [7, 11) is 0. The van der Waals surface area contributed by atoms with Gasteiger partial charge in [-0.15, -0.1) is 0 Å². The lowest BCUT2D eigenvalue weighted by molar-refractivity contribution is -0.135. The first-order chi connectivity index (χ1) is 11.0. The van der Waals surface area contributed by atoms with E-state index in [1.165, 1.54) is 19.1 Å². The highest BCUT2D eigenvalue weighted by Gasteiger charge is 2.31. The summed E-state index contributed by atoms with van der Waals surface area (Å²) < 4.78 is 18.7. The highest BCUT2D eigenvalue weighted by molar-refractivity contribution is 5.82. The number of aliphatic hydroxyl groups excluding tert-OH is 1. The van der Waals surface area contributed by atoms with Crippen LogP contribution in [0.2, 0.25) is 0 Å². The molecule has 0 spiro atoms. The van der Waals surface area contributed by atoms with Crippen molar-refractivity contribution in [2.45, 2.75) is 32.0 Å². The summed E-state index contributed by atoms with van der Waals surface area (Å²) in [5.74, 6) is 0.00934. The van der Waals surface area contributed by atoms with E-state index in [1.807, 2.05) is 0 Å². The molecule has 0 radical (unpaired) electrons. The molecule has 7 heteroatoms. The van der Waals surface area contributed by atoms with E-state index in [2.05, 4.69) is 5.16 Å². The van der Waals surface area contributed by atoms with Gasteiger partial charge in [-0.2, -0.15) is 0 Å². The number of amides is 1. The van der Waals surface area contributed by atoms with Crippen LogP contribution in [-0.2, 0) is 17.8 Å². The van der Waals surface area contributed by atoms with Crippen LogP contribution in [0.5, 0.6) is 0 Å². The second-order valence-corrected chi connectivity index (χ2v) is 5.72. The molecule has 1 aromatic carbocycles. The first kappa shape index (κ1) is 15.6. The van der Waals surface area contributed by atoms with Crippen molar-refractivity contribution in [3.63, 3.8) is 0 Å². The van der Waals surface area contributed by atoms with Crippen LogP contribution in [-0.4, -0.2) is 39.8 Å². The summed E-state index contributed by atoms with van der Waals surface area (Å²) in [5, 5.41) is 13.5. The fraction of sp³-hybridized carbons (Fsp3) is 0.375. The molecule has 0 saturated heterocycles. The molecule has 0 fully saturated rings. The van der Waals surface area contributed by atoms with Crippen LogP contribution >= 0.6 is 0 Å². The van der Waals surface area contributed by atoms with Crippen LogP contribution < -0.4 is 5.73 Å². The summed E-state index contributed by atoms with van der Waals surface area (Å²) in [4.78, 5) is 13.9. The molecule has 3 rings (SSSR count). The van der Waals surface area contributed by atoms with Crippen LogP contribution in [0, 0.1) is 5.82 Å². The van der Waals surface area contributed by atoms with Gasteiger partial charge >= 0.3 is 0 Å². The number of fused-ring (bicyclic) bond motifs is 1. The van der Waals surface area contributed by atoms with E-state index < -0.39 is 12.1 Å². The molecule has 2 aromatic rings. The number of aliphatic hydroxyl groups is 1. The van der Waals surface area contributed by atoms with E-state index in [0.717, 1.165) is 5.56 Å². The van der Waals surface area contributed by atoms with E-state index >= 15 is 0 Å². The zero-order chi connectivity index (χ0) is 16.6. The summed E-state index contributed by atoms with van der Waals surface area (Å²) in [5.41, 5.74) is 7.61. The van der Waals surface area contributed by atoms with Crippen molar-refractivity contribution in [1.29, 1.82) is 0 Å². The lowest BCUT2D eigenvalue weighted by atomic mass is 10.0. The number of hydrogen-bond donors (Lipinski definition) is 2. The zero-order valence-corrected chi connectivity index (χ0v) is 12.7. The highest BCUT2D eigenvalue weighted by atomic mass is 19.1. The number of carbonyl (C=O) groups excluding carboxylic acids is 1. The number of carbonyl (C=O) groups is 1. The normalized spacial score (nSPS) is 16.8. The van der Waals surface area contributed by atoms with Gasteiger partial charge < -0.3 is 20.3 Å². The molecular formula is C16H18FN3O3. The summed E-state index contributed by atoms with van der Waals surface area (Å²) in [6.07, 6.45) is -0.412. The predicted molar refractivity (Wildman–Crippen MR) is 80.7 cm³/mol. The van der Waals surface area contributed by atoms with Crippen LogP contribution in [0.4, 0.5) is 4.39 Å². The second-order valence-electron chi connectivity index (χ2n) is 5.72. The van der Waals surface area contributed by atoms with Crippen molar-refractivity contribution >= 4 is 5.91 Å². The van der Waals surface area contributed by atoms with E-state index in [0.29, 0.717) is 30.0 Å². The van der Waals surface area contributed by atoms with E-state index in [1.54, 1.807) is 17.0 Å². The maximum Gasteiger partial charge on any atom is 0.242 e. The largest absolute Gasteiger partial charge is 0.391 e. The molecule has 122 valence electrons. The summed E-state index contributed by atoms with van der Waals surface area (Å²) in [6, 6.07) is 5.10. The molecule has 1 aliphatic heterocycles. The Hall–Kier alpha value is -2.25. The van der Waals surface area contributed by atoms with Gasteiger partial charge in [0.2, 0.25) is 5.91 Å². The molecule has 2 atom stereocenters. The minimum absolute atomic E-state index is 0.282. The number of rotatable bonds is 3. The summed E-state index contributed by atoms with van der Waals surface area (Å²) >= 11 is 0. The Balaban J connectivity index is 1.88. The Morgan fingerprint density at radius 1 is 1.52 bits per heavy atom. The number of nitrogens with two attached hydrogens (primary N) is 1. The van der Waals surface area contributed by atoms with Crippen LogP contribution in [0.15, 0.2) is 28.8 Å². The van der Waals surface area contributed by atoms with E-state index in [9.17, 15) is 14.3 Å². The zero-order valence-electron chi connectivity index (χ0n) is 12.7. The summed E-state index contributed by atoms with van der Waals surface area (Å²) in [6.45, 7) is 2.21. The van der Waals surface area contributed by atoms with Crippen molar-refractivity contribution in [2.24, 2.45) is 5.73 Å². The monoisotopic (exact) mass is 319 g/mol. The minimum atomic E-state index is -0.964. The van der Waals surface area contributed by atoms with Gasteiger partial charge in [0.15, 0.2) is 0 Å². The molecule has 1 aromatic heterocycles. The smallest absolute Gasteiger partial charge is 0.242 e. The number of aromatic nitrogens is 1. The van der Waals surface area contributed by atoms with Crippen molar-refractivity contribution in [1.82, 2.24) is 10.1 Å². The number of hydrogen-bond acceptors (Lipinski definition) is 5. The third-order valence-electron chi connectivity index (χ3n) is 4.04. The van der Waals surface area contributed by atoms with Gasteiger partial charge in [-0.05, 0) is 19.1 Å². The molecule has 0 saturated carbocycles. The third-order valence-corrected chi connectivity index (χ3v) is 4.04. The van der Waals surface area contributed by atoms with Gasteiger partial charge in [0.1, 0.15) is 23.3 Å². The first-order valence-electron chi connectivity index (χ1n) is 7.43. The van der Waals surface area contributed by atoms with E-state index in [-0.39, 0.29) is 18.3 Å². The van der Waals surface area contributed by atoms with Gasteiger partial charge in [-0.1, -0.05) is 17.3 Å². The van der Waals surface area contributed by atoms with Gasteiger partial charge in [0, 0.05) is 24.1 Å². The Morgan fingerprint density at radius 2 is 2.30 bits per heavy atom. The Labute approximate surface area is 132 Å². The fourth-order valence-electron chi connectivity index (χ4n) is 2.68. The first-order valence-corrected chi connectivity index (χ1v) is 7.43. The maximum absolute atomic E-state index is 13.4. The Kier molecular flexibility index (Phi) is 4.14. The molecule has 6 nitrogen and oxygen atoms in total. The molecule has 1 amide bonds. The second kappa shape index (κ2) is 6.10. The molecule has 0 unspecified atom stereocenters. The van der Waals surface area contributed by atoms with Gasteiger partial charge in [-0.25, -0.2) is 4.39 Å². The molecule has 23 heavy (non-hydrogen) atoms. The van der Waals surface area contributed by atoms with Crippen molar-refractivity contribution in [3.05, 3.63) is 41.4 Å². The van der Waals surface area contributed by atoms with Gasteiger partial charge in [0.05, 0.1) is 12.6 Å². The maximum atomic E-state index is 13.4. The lowest BCUT2D eigenvalue weighted by Crippen LogP contribution is -2.50.